The quantitative estimate of drug-likeness (QED) is 0.336. The number of aliphatic imine (C=N–C) groups is 1. The molecule has 2 aromatic rings. The normalized spacial score (nSPS) is 20.8. The first kappa shape index (κ1) is 28.6. The number of amides is 2. The summed E-state index contributed by atoms with van der Waals surface area (Å²) < 4.78 is 20.3. The summed E-state index contributed by atoms with van der Waals surface area (Å²) in [5.74, 6) is 1.35. The molecule has 2 amide bonds. The fourth-order valence-corrected chi connectivity index (χ4v) is 6.42. The maximum Gasteiger partial charge on any atom is 0.328 e. The van der Waals surface area contributed by atoms with Gasteiger partial charge in [0.05, 0.1) is 12.6 Å². The van der Waals surface area contributed by atoms with Gasteiger partial charge in [0.25, 0.3) is 0 Å². The first-order chi connectivity index (χ1) is 19.6. The lowest BCUT2D eigenvalue weighted by atomic mass is 9.84. The number of unbranched alkanes of at least 4 members (excludes halogenated alkanes) is 3. The molecule has 0 unspecified atom stereocenters. The molecule has 0 bridgehead atoms. The molecule has 2 aromatic carbocycles. The molecule has 1 saturated carbocycles. The summed E-state index contributed by atoms with van der Waals surface area (Å²) in [5.41, 5.74) is 6.81. The molecule has 2 heterocycles. The lowest BCUT2D eigenvalue weighted by Crippen LogP contribution is -2.57. The van der Waals surface area contributed by atoms with Gasteiger partial charge in [-0.15, -0.1) is 0 Å². The van der Waals surface area contributed by atoms with Crippen molar-refractivity contribution >= 4 is 17.6 Å². The van der Waals surface area contributed by atoms with Crippen LogP contribution in [0, 0.1) is 5.82 Å². The van der Waals surface area contributed by atoms with Gasteiger partial charge in [0.2, 0.25) is 0 Å². The number of nitrogens with zero attached hydrogens (tertiary/aromatic N) is 3. The molecule has 216 valence electrons. The molecule has 0 atom stereocenters. The van der Waals surface area contributed by atoms with E-state index < -0.39 is 5.54 Å². The van der Waals surface area contributed by atoms with E-state index in [1.807, 2.05) is 12.1 Å². The Morgan fingerprint density at radius 1 is 1.00 bits per heavy atom. The SMILES string of the molecule is NCCCCCCOc1cccc(CN2CCC3(CC2)C(=NC2CCCCC2)NC(=O)N3c2cccc(F)c2)c1. The van der Waals surface area contributed by atoms with Crippen LogP contribution in [0.2, 0.25) is 0 Å². The van der Waals surface area contributed by atoms with Gasteiger partial charge in [-0.2, -0.15) is 0 Å². The molecule has 1 aliphatic carbocycles. The van der Waals surface area contributed by atoms with Crippen LogP contribution in [0.1, 0.15) is 76.2 Å². The van der Waals surface area contributed by atoms with E-state index in [-0.39, 0.29) is 17.9 Å². The summed E-state index contributed by atoms with van der Waals surface area (Å²) in [6.45, 7) is 3.93. The molecule has 0 radical (unpaired) electrons. The van der Waals surface area contributed by atoms with Crippen LogP contribution in [0.15, 0.2) is 53.5 Å². The van der Waals surface area contributed by atoms with Crippen LogP contribution in [0.25, 0.3) is 0 Å². The molecule has 8 heteroatoms. The van der Waals surface area contributed by atoms with E-state index in [0.29, 0.717) is 5.69 Å². The number of carbonyl (C=O) groups is 1. The smallest absolute Gasteiger partial charge is 0.328 e. The summed E-state index contributed by atoms with van der Waals surface area (Å²) in [6.07, 6.45) is 11.6. The zero-order chi connectivity index (χ0) is 27.8. The van der Waals surface area contributed by atoms with Crippen molar-refractivity contribution in [2.45, 2.75) is 88.8 Å². The molecule has 2 saturated heterocycles. The number of rotatable bonds is 11. The van der Waals surface area contributed by atoms with Crippen molar-refractivity contribution in [3.8, 4) is 5.75 Å². The molecule has 3 fully saturated rings. The van der Waals surface area contributed by atoms with E-state index in [0.717, 1.165) is 95.7 Å². The number of urea groups is 1. The molecule has 3 N–H and O–H groups in total. The van der Waals surface area contributed by atoms with Crippen LogP contribution >= 0.6 is 0 Å². The third kappa shape index (κ3) is 6.84. The Hall–Kier alpha value is -2.97. The van der Waals surface area contributed by atoms with Gasteiger partial charge in [0, 0.05) is 25.3 Å². The second kappa shape index (κ2) is 13.6. The summed E-state index contributed by atoms with van der Waals surface area (Å²) in [4.78, 5) is 22.7. The second-order valence-electron chi connectivity index (χ2n) is 11.5. The minimum atomic E-state index is -0.576. The Kier molecular flexibility index (Phi) is 9.70. The fourth-order valence-electron chi connectivity index (χ4n) is 6.42. The second-order valence-corrected chi connectivity index (χ2v) is 11.5. The molecule has 3 aliphatic rings. The Labute approximate surface area is 238 Å². The van der Waals surface area contributed by atoms with Crippen molar-refractivity contribution in [1.29, 1.82) is 0 Å². The van der Waals surface area contributed by atoms with Crippen LogP contribution in [-0.4, -0.2) is 54.6 Å². The van der Waals surface area contributed by atoms with Gasteiger partial charge < -0.3 is 10.5 Å². The number of benzene rings is 2. The highest BCUT2D eigenvalue weighted by molar-refractivity contribution is 6.19. The number of anilines is 1. The zero-order valence-corrected chi connectivity index (χ0v) is 23.6. The number of hydrogen-bond donors (Lipinski definition) is 2. The minimum Gasteiger partial charge on any atom is -0.494 e. The Morgan fingerprint density at radius 3 is 2.55 bits per heavy atom. The average molecular weight is 550 g/mol. The predicted molar refractivity (Wildman–Crippen MR) is 158 cm³/mol. The molecule has 5 rings (SSSR count). The number of nitrogens with one attached hydrogen (secondary N) is 1. The summed E-state index contributed by atoms with van der Waals surface area (Å²) >= 11 is 0. The van der Waals surface area contributed by atoms with E-state index in [9.17, 15) is 9.18 Å². The van der Waals surface area contributed by atoms with Gasteiger partial charge in [-0.1, -0.05) is 50.3 Å². The zero-order valence-electron chi connectivity index (χ0n) is 23.6. The maximum atomic E-state index is 14.2. The van der Waals surface area contributed by atoms with Crippen molar-refractivity contribution in [2.24, 2.45) is 10.7 Å². The highest BCUT2D eigenvalue weighted by Gasteiger charge is 2.53. The Morgan fingerprint density at radius 2 is 1.77 bits per heavy atom. The largest absolute Gasteiger partial charge is 0.494 e. The van der Waals surface area contributed by atoms with Gasteiger partial charge >= 0.3 is 6.03 Å². The summed E-state index contributed by atoms with van der Waals surface area (Å²) in [5, 5.41) is 3.11. The highest BCUT2D eigenvalue weighted by atomic mass is 19.1. The topological polar surface area (TPSA) is 83.2 Å². The first-order valence-electron chi connectivity index (χ1n) is 15.2. The van der Waals surface area contributed by atoms with Crippen LogP contribution in [0.4, 0.5) is 14.9 Å². The average Bonchev–Trinajstić information content (AvgIpc) is 3.22. The van der Waals surface area contributed by atoms with Gasteiger partial charge in [0.1, 0.15) is 22.9 Å². The number of carbonyl (C=O) groups excluding carboxylic acids is 1. The van der Waals surface area contributed by atoms with Gasteiger partial charge in [-0.3, -0.25) is 20.1 Å². The molecule has 2 aliphatic heterocycles. The molecule has 7 nitrogen and oxygen atoms in total. The number of hydrogen-bond acceptors (Lipinski definition) is 5. The van der Waals surface area contributed by atoms with E-state index in [1.165, 1.54) is 37.0 Å². The van der Waals surface area contributed by atoms with Crippen molar-refractivity contribution in [3.05, 3.63) is 59.9 Å². The number of ether oxygens (including phenoxy) is 1. The van der Waals surface area contributed by atoms with Crippen molar-refractivity contribution in [3.63, 3.8) is 0 Å². The van der Waals surface area contributed by atoms with Crippen molar-refractivity contribution in [1.82, 2.24) is 10.2 Å². The van der Waals surface area contributed by atoms with Gasteiger partial charge in [0.15, 0.2) is 0 Å². The fraction of sp³-hybridized carbons (Fsp3) is 0.562. The number of likely N-dealkylation sites (tertiary alicyclic amines) is 1. The summed E-state index contributed by atoms with van der Waals surface area (Å²) in [6, 6.07) is 14.8. The summed E-state index contributed by atoms with van der Waals surface area (Å²) in [7, 11) is 0. The number of halogens is 1. The number of nitrogens with two attached hydrogens (primary N) is 1. The third-order valence-corrected chi connectivity index (χ3v) is 8.61. The van der Waals surface area contributed by atoms with E-state index in [2.05, 4.69) is 28.4 Å². The lowest BCUT2D eigenvalue weighted by Gasteiger charge is -2.44. The Balaban J connectivity index is 1.27. The monoisotopic (exact) mass is 549 g/mol. The minimum absolute atomic E-state index is 0.207. The highest BCUT2D eigenvalue weighted by Crippen LogP contribution is 2.39. The van der Waals surface area contributed by atoms with Gasteiger partial charge in [-0.25, -0.2) is 9.18 Å². The van der Waals surface area contributed by atoms with E-state index in [1.54, 1.807) is 11.0 Å². The number of piperidine rings is 1. The molecule has 40 heavy (non-hydrogen) atoms. The molecule has 1 spiro atoms. The van der Waals surface area contributed by atoms with Crippen LogP contribution in [0.5, 0.6) is 5.75 Å². The van der Waals surface area contributed by atoms with Crippen LogP contribution in [0.3, 0.4) is 0 Å². The van der Waals surface area contributed by atoms with Crippen molar-refractivity contribution < 1.29 is 13.9 Å². The first-order valence-corrected chi connectivity index (χ1v) is 15.2. The van der Waals surface area contributed by atoms with E-state index >= 15 is 0 Å². The van der Waals surface area contributed by atoms with Gasteiger partial charge in [-0.05, 0) is 81.0 Å². The standard InChI is InChI=1S/C32H44FN5O2/c33-26-11-9-14-28(23-26)38-31(39)36-30(35-27-12-4-3-5-13-27)32(38)16-19-37(20-17-32)24-25-10-8-15-29(22-25)40-21-7-2-1-6-18-34/h8-11,14-15,22-23,27H,1-7,12-13,16-21,24,34H2,(H,35,36,39). The number of amidine groups is 1. The van der Waals surface area contributed by atoms with Crippen LogP contribution in [-0.2, 0) is 6.54 Å². The Bertz CT molecular complexity index is 1160. The maximum absolute atomic E-state index is 14.2. The predicted octanol–water partition coefficient (Wildman–Crippen LogP) is 6.02. The molecular formula is C32H44FN5O2. The molecule has 0 aromatic heterocycles. The lowest BCUT2D eigenvalue weighted by molar-refractivity contribution is 0.184. The third-order valence-electron chi connectivity index (χ3n) is 8.61. The van der Waals surface area contributed by atoms with E-state index in [4.69, 9.17) is 15.5 Å². The van der Waals surface area contributed by atoms with Crippen molar-refractivity contribution in [2.75, 3.05) is 31.1 Å². The van der Waals surface area contributed by atoms with Crippen LogP contribution < -0.4 is 20.7 Å². The molecular weight excluding hydrogens is 505 g/mol.